The minimum atomic E-state index is 0.126. The Hall–Kier alpha value is -0.830. The second-order valence-electron chi connectivity index (χ2n) is 3.74. The summed E-state index contributed by atoms with van der Waals surface area (Å²) in [7, 11) is 1.96. The molecule has 0 aromatic carbocycles. The van der Waals surface area contributed by atoms with Crippen molar-refractivity contribution in [3.05, 3.63) is 18.0 Å². The Bertz CT molecular complexity index is 271. The third-order valence-corrected chi connectivity index (χ3v) is 2.65. The molecule has 12 heavy (non-hydrogen) atoms. The molecule has 3 nitrogen and oxygen atoms in total. The molecule has 1 saturated heterocycles. The Morgan fingerprint density at radius 1 is 1.67 bits per heavy atom. The van der Waals surface area contributed by atoms with E-state index in [2.05, 4.69) is 23.4 Å². The molecule has 0 radical (unpaired) electrons. The predicted octanol–water partition coefficient (Wildman–Crippen LogP) is 1.02. The molecule has 0 amide bonds. The first-order chi connectivity index (χ1) is 5.71. The number of rotatable bonds is 1. The van der Waals surface area contributed by atoms with E-state index in [1.807, 2.05) is 17.9 Å². The first-order valence-corrected chi connectivity index (χ1v) is 4.46. The van der Waals surface area contributed by atoms with Gasteiger partial charge in [-0.2, -0.15) is 5.10 Å². The molecule has 1 aromatic heterocycles. The van der Waals surface area contributed by atoms with E-state index in [9.17, 15) is 0 Å². The molecule has 2 rings (SSSR count). The topological polar surface area (TPSA) is 29.9 Å². The van der Waals surface area contributed by atoms with Crippen molar-refractivity contribution in [2.45, 2.75) is 25.3 Å². The maximum Gasteiger partial charge on any atom is 0.0822 e. The van der Waals surface area contributed by atoms with Crippen molar-refractivity contribution >= 4 is 0 Å². The summed E-state index contributed by atoms with van der Waals surface area (Å²) in [4.78, 5) is 0. The number of nitrogens with one attached hydrogen (secondary N) is 1. The zero-order valence-electron chi connectivity index (χ0n) is 7.67. The zero-order valence-corrected chi connectivity index (χ0v) is 7.67. The van der Waals surface area contributed by atoms with Crippen LogP contribution in [-0.4, -0.2) is 16.3 Å². The second kappa shape index (κ2) is 2.59. The molecule has 1 aliphatic rings. The van der Waals surface area contributed by atoms with E-state index >= 15 is 0 Å². The Morgan fingerprint density at radius 3 is 3.00 bits per heavy atom. The van der Waals surface area contributed by atoms with Crippen LogP contribution in [0.5, 0.6) is 0 Å². The van der Waals surface area contributed by atoms with Gasteiger partial charge >= 0.3 is 0 Å². The third-order valence-electron chi connectivity index (χ3n) is 2.65. The van der Waals surface area contributed by atoms with Crippen LogP contribution >= 0.6 is 0 Å². The average molecular weight is 165 g/mol. The van der Waals surface area contributed by atoms with Crippen LogP contribution in [0.1, 0.15) is 25.5 Å². The predicted molar refractivity (Wildman–Crippen MR) is 47.8 cm³/mol. The van der Waals surface area contributed by atoms with Crippen LogP contribution < -0.4 is 5.32 Å². The lowest BCUT2D eigenvalue weighted by Crippen LogP contribution is -2.33. The summed E-state index contributed by atoms with van der Waals surface area (Å²) in [5, 5.41) is 7.91. The highest BCUT2D eigenvalue weighted by Gasteiger charge is 2.31. The molecule has 0 spiro atoms. The molecule has 1 unspecified atom stereocenters. The highest BCUT2D eigenvalue weighted by molar-refractivity contribution is 5.14. The van der Waals surface area contributed by atoms with Gasteiger partial charge in [-0.05, 0) is 32.4 Å². The van der Waals surface area contributed by atoms with E-state index in [1.165, 1.54) is 18.5 Å². The van der Waals surface area contributed by atoms with Crippen molar-refractivity contribution in [2.75, 3.05) is 6.54 Å². The van der Waals surface area contributed by atoms with Crippen LogP contribution in [0, 0.1) is 0 Å². The highest BCUT2D eigenvalue weighted by atomic mass is 15.3. The lowest BCUT2D eigenvalue weighted by Gasteiger charge is -2.21. The molecule has 1 aliphatic heterocycles. The normalized spacial score (nSPS) is 29.5. The van der Waals surface area contributed by atoms with Crippen LogP contribution in [0.15, 0.2) is 12.3 Å². The van der Waals surface area contributed by atoms with E-state index in [0.29, 0.717) is 0 Å². The summed E-state index contributed by atoms with van der Waals surface area (Å²) in [5.74, 6) is 0. The zero-order chi connectivity index (χ0) is 8.60. The van der Waals surface area contributed by atoms with Gasteiger partial charge in [0.05, 0.1) is 11.2 Å². The molecule has 66 valence electrons. The summed E-state index contributed by atoms with van der Waals surface area (Å²) >= 11 is 0. The lowest BCUT2D eigenvalue weighted by molar-refractivity contribution is 0.416. The average Bonchev–Trinajstić information content (AvgIpc) is 2.59. The molecular weight excluding hydrogens is 150 g/mol. The van der Waals surface area contributed by atoms with Gasteiger partial charge in [-0.1, -0.05) is 0 Å². The molecule has 1 fully saturated rings. The Morgan fingerprint density at radius 2 is 2.50 bits per heavy atom. The fourth-order valence-electron chi connectivity index (χ4n) is 1.82. The van der Waals surface area contributed by atoms with Gasteiger partial charge in [0.2, 0.25) is 0 Å². The van der Waals surface area contributed by atoms with Crippen LogP contribution in [0.2, 0.25) is 0 Å². The minimum absolute atomic E-state index is 0.126. The second-order valence-corrected chi connectivity index (χ2v) is 3.74. The first-order valence-electron chi connectivity index (χ1n) is 4.46. The summed E-state index contributed by atoms with van der Waals surface area (Å²) in [6.45, 7) is 3.34. The molecule has 1 aromatic rings. The quantitative estimate of drug-likeness (QED) is 0.673. The van der Waals surface area contributed by atoms with E-state index in [-0.39, 0.29) is 5.54 Å². The van der Waals surface area contributed by atoms with Crippen LogP contribution in [0.25, 0.3) is 0 Å². The van der Waals surface area contributed by atoms with E-state index in [0.717, 1.165) is 6.54 Å². The van der Waals surface area contributed by atoms with Gasteiger partial charge in [-0.15, -0.1) is 0 Å². The van der Waals surface area contributed by atoms with Crippen molar-refractivity contribution in [2.24, 2.45) is 7.05 Å². The van der Waals surface area contributed by atoms with Gasteiger partial charge in [0.25, 0.3) is 0 Å². The van der Waals surface area contributed by atoms with Crippen molar-refractivity contribution in [1.29, 1.82) is 0 Å². The van der Waals surface area contributed by atoms with Crippen molar-refractivity contribution < 1.29 is 0 Å². The Labute approximate surface area is 72.8 Å². The number of hydrogen-bond acceptors (Lipinski definition) is 2. The summed E-state index contributed by atoms with van der Waals surface area (Å²) in [6, 6.07) is 2.10. The minimum Gasteiger partial charge on any atom is -0.306 e. The van der Waals surface area contributed by atoms with E-state index < -0.39 is 0 Å². The van der Waals surface area contributed by atoms with E-state index in [4.69, 9.17) is 0 Å². The highest BCUT2D eigenvalue weighted by Crippen LogP contribution is 2.28. The SMILES string of the molecule is Cn1ccc(C2(C)CCCN2)n1. The smallest absolute Gasteiger partial charge is 0.0822 e. The fourth-order valence-corrected chi connectivity index (χ4v) is 1.82. The van der Waals surface area contributed by atoms with Gasteiger partial charge in [-0.3, -0.25) is 4.68 Å². The fraction of sp³-hybridized carbons (Fsp3) is 0.667. The summed E-state index contributed by atoms with van der Waals surface area (Å²) < 4.78 is 1.86. The number of aromatic nitrogens is 2. The molecule has 0 aliphatic carbocycles. The van der Waals surface area contributed by atoms with E-state index in [1.54, 1.807) is 0 Å². The van der Waals surface area contributed by atoms with Crippen molar-refractivity contribution in [3.8, 4) is 0 Å². The maximum absolute atomic E-state index is 4.42. The number of aryl methyl sites for hydroxylation is 1. The molecular formula is C9H15N3. The van der Waals surface area contributed by atoms with Gasteiger partial charge in [0.1, 0.15) is 0 Å². The molecule has 0 bridgehead atoms. The van der Waals surface area contributed by atoms with Crippen LogP contribution in [0.4, 0.5) is 0 Å². The monoisotopic (exact) mass is 165 g/mol. The van der Waals surface area contributed by atoms with Crippen LogP contribution in [-0.2, 0) is 12.6 Å². The summed E-state index contributed by atoms with van der Waals surface area (Å²) in [5.41, 5.74) is 1.30. The largest absolute Gasteiger partial charge is 0.306 e. The van der Waals surface area contributed by atoms with Gasteiger partial charge in [0.15, 0.2) is 0 Å². The number of hydrogen-bond donors (Lipinski definition) is 1. The van der Waals surface area contributed by atoms with Crippen molar-refractivity contribution in [1.82, 2.24) is 15.1 Å². The van der Waals surface area contributed by atoms with Crippen LogP contribution in [0.3, 0.4) is 0 Å². The molecule has 2 heterocycles. The third kappa shape index (κ3) is 1.14. The maximum atomic E-state index is 4.42. The van der Waals surface area contributed by atoms with Gasteiger partial charge in [0, 0.05) is 13.2 Å². The molecule has 1 atom stereocenters. The van der Waals surface area contributed by atoms with Crippen molar-refractivity contribution in [3.63, 3.8) is 0 Å². The number of nitrogens with zero attached hydrogens (tertiary/aromatic N) is 2. The lowest BCUT2D eigenvalue weighted by atomic mass is 9.96. The van der Waals surface area contributed by atoms with Gasteiger partial charge < -0.3 is 5.32 Å². The molecule has 0 saturated carbocycles. The Kier molecular flexibility index (Phi) is 1.68. The summed E-state index contributed by atoms with van der Waals surface area (Å²) in [6.07, 6.45) is 4.46. The molecule has 1 N–H and O–H groups in total. The Balaban J connectivity index is 2.28. The molecule has 3 heteroatoms. The van der Waals surface area contributed by atoms with Gasteiger partial charge in [-0.25, -0.2) is 0 Å². The first kappa shape index (κ1) is 7.80. The standard InChI is InChI=1S/C9H15N3/c1-9(5-3-6-10-9)8-4-7-12(2)11-8/h4,7,10H,3,5-6H2,1-2H3.